The molecule has 0 saturated carbocycles. The normalized spacial score (nSPS) is 23.7. The van der Waals surface area contributed by atoms with Crippen LogP contribution in [0.3, 0.4) is 0 Å². The first-order valence-electron chi connectivity index (χ1n) is 6.40. The van der Waals surface area contributed by atoms with Gasteiger partial charge in [0.1, 0.15) is 10.7 Å². The average Bonchev–Trinajstić information content (AvgIpc) is 2.84. The predicted molar refractivity (Wildman–Crippen MR) is 69.7 cm³/mol. The molecule has 1 saturated heterocycles. The number of ether oxygens (including phenoxy) is 1. The Morgan fingerprint density at radius 2 is 2.16 bits per heavy atom. The first kappa shape index (κ1) is 14.4. The smallest absolute Gasteiger partial charge is 0.243 e. The number of hydrogen-bond donors (Lipinski definition) is 1. The summed E-state index contributed by atoms with van der Waals surface area (Å²) in [5, 5.41) is 0. The van der Waals surface area contributed by atoms with E-state index in [1.165, 1.54) is 18.2 Å². The SMILES string of the molecule is CCC1OCCC1CNS(=O)(=O)c1ccccc1F. The Bertz CT molecular complexity index is 532. The van der Waals surface area contributed by atoms with Gasteiger partial charge in [-0.1, -0.05) is 19.1 Å². The minimum Gasteiger partial charge on any atom is -0.378 e. The summed E-state index contributed by atoms with van der Waals surface area (Å²) in [6.45, 7) is 2.95. The summed E-state index contributed by atoms with van der Waals surface area (Å²) in [5.74, 6) is -0.573. The van der Waals surface area contributed by atoms with Crippen molar-refractivity contribution in [3.8, 4) is 0 Å². The quantitative estimate of drug-likeness (QED) is 0.900. The van der Waals surface area contributed by atoms with E-state index in [-0.39, 0.29) is 23.5 Å². The molecule has 1 aliphatic rings. The van der Waals surface area contributed by atoms with Gasteiger partial charge >= 0.3 is 0 Å². The van der Waals surface area contributed by atoms with E-state index in [2.05, 4.69) is 4.72 Å². The summed E-state index contributed by atoms with van der Waals surface area (Å²) in [6.07, 6.45) is 1.77. The summed E-state index contributed by atoms with van der Waals surface area (Å²) >= 11 is 0. The minimum atomic E-state index is -3.79. The molecule has 1 N–H and O–H groups in total. The zero-order valence-electron chi connectivity index (χ0n) is 10.8. The second-order valence-electron chi connectivity index (χ2n) is 4.65. The van der Waals surface area contributed by atoms with Crippen molar-refractivity contribution in [2.45, 2.75) is 30.8 Å². The predicted octanol–water partition coefficient (Wildman–Crippen LogP) is 1.92. The molecule has 1 aromatic carbocycles. The summed E-state index contributed by atoms with van der Waals surface area (Å²) in [6, 6.07) is 5.37. The molecule has 19 heavy (non-hydrogen) atoms. The van der Waals surface area contributed by atoms with E-state index in [0.29, 0.717) is 6.61 Å². The van der Waals surface area contributed by atoms with Gasteiger partial charge in [-0.05, 0) is 25.0 Å². The summed E-state index contributed by atoms with van der Waals surface area (Å²) < 4.78 is 45.5. The molecule has 1 aromatic rings. The Hall–Kier alpha value is -0.980. The van der Waals surface area contributed by atoms with E-state index in [1.54, 1.807) is 0 Å². The van der Waals surface area contributed by atoms with Gasteiger partial charge in [0.05, 0.1) is 6.10 Å². The molecule has 2 atom stereocenters. The van der Waals surface area contributed by atoms with Gasteiger partial charge in [-0.25, -0.2) is 17.5 Å². The average molecular weight is 287 g/mol. The lowest BCUT2D eigenvalue weighted by Crippen LogP contribution is -2.33. The lowest BCUT2D eigenvalue weighted by molar-refractivity contribution is 0.0884. The van der Waals surface area contributed by atoms with Gasteiger partial charge in [-0.2, -0.15) is 0 Å². The molecule has 1 heterocycles. The lowest BCUT2D eigenvalue weighted by atomic mass is 10.0. The zero-order chi connectivity index (χ0) is 13.9. The standard InChI is InChI=1S/C13H18FNO3S/c1-2-12-10(7-8-18-12)9-15-19(16,17)13-6-4-3-5-11(13)14/h3-6,10,12,15H,2,7-9H2,1H3. The van der Waals surface area contributed by atoms with Crippen molar-refractivity contribution < 1.29 is 17.5 Å². The van der Waals surface area contributed by atoms with Crippen LogP contribution in [0.15, 0.2) is 29.2 Å². The Kier molecular flexibility index (Phi) is 4.54. The number of benzene rings is 1. The van der Waals surface area contributed by atoms with Crippen LogP contribution in [0.1, 0.15) is 19.8 Å². The highest BCUT2D eigenvalue weighted by atomic mass is 32.2. The van der Waals surface area contributed by atoms with Crippen LogP contribution in [0.5, 0.6) is 0 Å². The van der Waals surface area contributed by atoms with Crippen LogP contribution in [0.2, 0.25) is 0 Å². The molecule has 1 fully saturated rings. The van der Waals surface area contributed by atoms with Gasteiger partial charge in [0, 0.05) is 19.1 Å². The van der Waals surface area contributed by atoms with Gasteiger partial charge in [0.15, 0.2) is 0 Å². The molecule has 0 amide bonds. The van der Waals surface area contributed by atoms with E-state index < -0.39 is 15.8 Å². The molecular formula is C13H18FNO3S. The van der Waals surface area contributed by atoms with Crippen molar-refractivity contribution in [2.24, 2.45) is 5.92 Å². The lowest BCUT2D eigenvalue weighted by Gasteiger charge is -2.17. The summed E-state index contributed by atoms with van der Waals surface area (Å²) in [5.41, 5.74) is 0. The van der Waals surface area contributed by atoms with E-state index in [0.717, 1.165) is 18.9 Å². The molecule has 0 aromatic heterocycles. The van der Waals surface area contributed by atoms with E-state index in [9.17, 15) is 12.8 Å². The third kappa shape index (κ3) is 3.32. The Morgan fingerprint density at radius 3 is 2.84 bits per heavy atom. The van der Waals surface area contributed by atoms with Gasteiger partial charge < -0.3 is 4.74 Å². The van der Waals surface area contributed by atoms with Crippen LogP contribution >= 0.6 is 0 Å². The number of nitrogens with one attached hydrogen (secondary N) is 1. The van der Waals surface area contributed by atoms with Crippen molar-refractivity contribution in [1.82, 2.24) is 4.72 Å². The fraction of sp³-hybridized carbons (Fsp3) is 0.538. The van der Waals surface area contributed by atoms with E-state index in [1.807, 2.05) is 6.92 Å². The number of sulfonamides is 1. The first-order valence-corrected chi connectivity index (χ1v) is 7.88. The fourth-order valence-electron chi connectivity index (χ4n) is 2.33. The Morgan fingerprint density at radius 1 is 1.42 bits per heavy atom. The van der Waals surface area contributed by atoms with Crippen LogP contribution in [0.25, 0.3) is 0 Å². The zero-order valence-corrected chi connectivity index (χ0v) is 11.6. The topological polar surface area (TPSA) is 55.4 Å². The van der Waals surface area contributed by atoms with E-state index >= 15 is 0 Å². The van der Waals surface area contributed by atoms with Crippen LogP contribution in [-0.2, 0) is 14.8 Å². The van der Waals surface area contributed by atoms with Crippen molar-refractivity contribution in [3.05, 3.63) is 30.1 Å². The molecule has 0 radical (unpaired) electrons. The second-order valence-corrected chi connectivity index (χ2v) is 6.38. The molecule has 6 heteroatoms. The van der Waals surface area contributed by atoms with Crippen LogP contribution in [0, 0.1) is 11.7 Å². The minimum absolute atomic E-state index is 0.0864. The van der Waals surface area contributed by atoms with Crippen LogP contribution in [0.4, 0.5) is 4.39 Å². The molecule has 0 aliphatic carbocycles. The van der Waals surface area contributed by atoms with Gasteiger partial charge in [0.2, 0.25) is 10.0 Å². The maximum Gasteiger partial charge on any atom is 0.243 e. The molecule has 106 valence electrons. The van der Waals surface area contributed by atoms with E-state index in [4.69, 9.17) is 4.74 Å². The molecule has 1 aliphatic heterocycles. The maximum atomic E-state index is 13.5. The molecule has 0 bridgehead atoms. The molecule has 2 unspecified atom stereocenters. The highest BCUT2D eigenvalue weighted by molar-refractivity contribution is 7.89. The highest BCUT2D eigenvalue weighted by Crippen LogP contribution is 2.23. The van der Waals surface area contributed by atoms with Crippen LogP contribution < -0.4 is 4.72 Å². The second kappa shape index (κ2) is 5.98. The first-order chi connectivity index (χ1) is 9.04. The van der Waals surface area contributed by atoms with Crippen molar-refractivity contribution in [1.29, 1.82) is 0 Å². The van der Waals surface area contributed by atoms with Crippen molar-refractivity contribution in [3.63, 3.8) is 0 Å². The fourth-order valence-corrected chi connectivity index (χ4v) is 3.51. The Balaban J connectivity index is 2.04. The molecule has 2 rings (SSSR count). The van der Waals surface area contributed by atoms with Gasteiger partial charge in [0.25, 0.3) is 0 Å². The van der Waals surface area contributed by atoms with Gasteiger partial charge in [-0.3, -0.25) is 0 Å². The Labute approximate surface area is 113 Å². The molecule has 0 spiro atoms. The largest absolute Gasteiger partial charge is 0.378 e. The number of halogens is 1. The monoisotopic (exact) mass is 287 g/mol. The summed E-state index contributed by atoms with van der Waals surface area (Å²) in [4.78, 5) is -0.304. The molecular weight excluding hydrogens is 269 g/mol. The highest BCUT2D eigenvalue weighted by Gasteiger charge is 2.28. The third-order valence-corrected chi connectivity index (χ3v) is 4.87. The van der Waals surface area contributed by atoms with Crippen LogP contribution in [-0.4, -0.2) is 27.7 Å². The van der Waals surface area contributed by atoms with Crippen molar-refractivity contribution >= 4 is 10.0 Å². The molecule has 4 nitrogen and oxygen atoms in total. The number of hydrogen-bond acceptors (Lipinski definition) is 3. The maximum absolute atomic E-state index is 13.5. The number of rotatable bonds is 5. The third-order valence-electron chi connectivity index (χ3n) is 3.41. The summed E-state index contributed by atoms with van der Waals surface area (Å²) in [7, 11) is -3.79. The van der Waals surface area contributed by atoms with Gasteiger partial charge in [-0.15, -0.1) is 0 Å². The van der Waals surface area contributed by atoms with Crippen molar-refractivity contribution in [2.75, 3.05) is 13.2 Å².